The van der Waals surface area contributed by atoms with Gasteiger partial charge in [-0.05, 0) is 49.2 Å². The van der Waals surface area contributed by atoms with E-state index >= 15 is 0 Å². The average molecular weight is 325 g/mol. The molecule has 6 heteroatoms. The second kappa shape index (κ2) is 6.62. The van der Waals surface area contributed by atoms with Gasteiger partial charge in [0.15, 0.2) is 0 Å². The Morgan fingerprint density at radius 1 is 1.04 bits per heavy atom. The van der Waals surface area contributed by atoms with E-state index in [4.69, 9.17) is 5.11 Å². The third-order valence-corrected chi connectivity index (χ3v) is 4.07. The molecular weight excluding hydrogens is 308 g/mol. The Kier molecular flexibility index (Phi) is 4.37. The van der Waals surface area contributed by atoms with Crippen LogP contribution in [-0.4, -0.2) is 30.1 Å². The molecule has 124 valence electrons. The van der Waals surface area contributed by atoms with Crippen molar-refractivity contribution in [3.63, 3.8) is 0 Å². The minimum Gasteiger partial charge on any atom is -0.872 e. The van der Waals surface area contributed by atoms with Gasteiger partial charge in [-0.25, -0.2) is 4.79 Å². The summed E-state index contributed by atoms with van der Waals surface area (Å²) in [6.07, 6.45) is 2.37. The molecule has 1 fully saturated rings. The second-order valence-electron chi connectivity index (χ2n) is 5.71. The number of aromatic carboxylic acids is 1. The van der Waals surface area contributed by atoms with Crippen LogP contribution in [0.4, 0.5) is 11.4 Å². The maximum atomic E-state index is 12.3. The summed E-state index contributed by atoms with van der Waals surface area (Å²) in [6, 6.07) is 11.0. The highest BCUT2D eigenvalue weighted by atomic mass is 16.4. The monoisotopic (exact) mass is 325 g/mol. The lowest BCUT2D eigenvalue weighted by molar-refractivity contribution is -0.268. The number of hydrogen-bond donors (Lipinski definition) is 2. The molecular formula is C18H17N2O4-. The van der Waals surface area contributed by atoms with Crippen molar-refractivity contribution in [1.82, 2.24) is 0 Å². The molecule has 0 aromatic heterocycles. The molecule has 1 aliphatic heterocycles. The molecule has 0 radical (unpaired) electrons. The van der Waals surface area contributed by atoms with E-state index in [0.29, 0.717) is 5.56 Å². The third kappa shape index (κ3) is 3.32. The predicted molar refractivity (Wildman–Crippen MR) is 88.7 cm³/mol. The van der Waals surface area contributed by atoms with Crippen LogP contribution >= 0.6 is 0 Å². The second-order valence-corrected chi connectivity index (χ2v) is 5.71. The highest BCUT2D eigenvalue weighted by Crippen LogP contribution is 2.22. The number of carboxylic acid groups (broad SMARTS) is 1. The number of carbonyl (C=O) groups is 2. The molecule has 0 saturated carbocycles. The van der Waals surface area contributed by atoms with Crippen LogP contribution < -0.4 is 15.3 Å². The minimum absolute atomic E-state index is 0.278. The first-order valence-electron chi connectivity index (χ1n) is 7.75. The van der Waals surface area contributed by atoms with Gasteiger partial charge in [-0.15, -0.1) is 0 Å². The number of benzene rings is 2. The zero-order chi connectivity index (χ0) is 17.1. The van der Waals surface area contributed by atoms with Crippen molar-refractivity contribution in [1.29, 1.82) is 0 Å². The highest BCUT2D eigenvalue weighted by molar-refractivity contribution is 6.05. The molecule has 0 unspecified atom stereocenters. The molecule has 1 aliphatic rings. The van der Waals surface area contributed by atoms with Crippen LogP contribution in [0.3, 0.4) is 0 Å². The van der Waals surface area contributed by atoms with Gasteiger partial charge in [0.25, 0.3) is 5.91 Å². The fourth-order valence-electron chi connectivity index (χ4n) is 2.78. The molecule has 6 nitrogen and oxygen atoms in total. The van der Waals surface area contributed by atoms with Crippen molar-refractivity contribution in [2.45, 2.75) is 12.8 Å². The summed E-state index contributed by atoms with van der Waals surface area (Å²) < 4.78 is 0. The lowest BCUT2D eigenvalue weighted by Crippen LogP contribution is -2.18. The zero-order valence-corrected chi connectivity index (χ0v) is 13.0. The smallest absolute Gasteiger partial charge is 0.335 e. The molecule has 2 N–H and O–H groups in total. The molecule has 0 atom stereocenters. The van der Waals surface area contributed by atoms with Crippen LogP contribution in [0.1, 0.15) is 33.6 Å². The van der Waals surface area contributed by atoms with Crippen LogP contribution in [-0.2, 0) is 0 Å². The van der Waals surface area contributed by atoms with Gasteiger partial charge >= 0.3 is 5.97 Å². The Morgan fingerprint density at radius 3 is 2.33 bits per heavy atom. The molecule has 3 rings (SSSR count). The summed E-state index contributed by atoms with van der Waals surface area (Å²) in [5.41, 5.74) is 1.48. The van der Waals surface area contributed by atoms with Gasteiger partial charge in [-0.2, -0.15) is 0 Å². The lowest BCUT2D eigenvalue weighted by atomic mass is 10.1. The maximum absolute atomic E-state index is 12.3. The average Bonchev–Trinajstić information content (AvgIpc) is 3.11. The number of carbonyl (C=O) groups excluding carboxylic acids is 1. The molecule has 24 heavy (non-hydrogen) atoms. The standard InChI is InChI=1S/C18H18N2O4/c21-16-8-5-13(11-15(16)18(23)24)19-17(22)12-3-6-14(7-4-12)20-9-1-2-10-20/h3-8,11,21H,1-2,9-10H2,(H,19,22)(H,23,24)/p-1. The molecule has 2 aromatic carbocycles. The van der Waals surface area contributed by atoms with Crippen LogP contribution in [0.5, 0.6) is 5.75 Å². The van der Waals surface area contributed by atoms with Gasteiger partial charge in [0.05, 0.1) is 5.56 Å². The number of nitrogens with zero attached hydrogens (tertiary/aromatic N) is 1. The number of rotatable bonds is 4. The van der Waals surface area contributed by atoms with Crippen LogP contribution in [0.15, 0.2) is 42.5 Å². The molecule has 0 spiro atoms. The summed E-state index contributed by atoms with van der Waals surface area (Å²) in [5.74, 6) is -2.25. The van der Waals surface area contributed by atoms with Crippen molar-refractivity contribution in [3.05, 3.63) is 53.6 Å². The van der Waals surface area contributed by atoms with E-state index in [1.54, 1.807) is 12.1 Å². The van der Waals surface area contributed by atoms with Crippen molar-refractivity contribution in [2.24, 2.45) is 0 Å². The lowest BCUT2D eigenvalue weighted by Gasteiger charge is -2.17. The molecule has 1 amide bonds. The van der Waals surface area contributed by atoms with E-state index in [2.05, 4.69) is 10.2 Å². The van der Waals surface area contributed by atoms with E-state index in [0.717, 1.165) is 24.8 Å². The molecule has 0 bridgehead atoms. The number of carboxylic acids is 1. The summed E-state index contributed by atoms with van der Waals surface area (Å²) in [7, 11) is 0. The van der Waals surface area contributed by atoms with Gasteiger partial charge in [0.1, 0.15) is 0 Å². The van der Waals surface area contributed by atoms with E-state index in [1.165, 1.54) is 25.0 Å². The summed E-state index contributed by atoms with van der Waals surface area (Å²) in [4.78, 5) is 25.5. The van der Waals surface area contributed by atoms with E-state index < -0.39 is 11.7 Å². The topological polar surface area (TPSA) is 92.7 Å². The first-order valence-corrected chi connectivity index (χ1v) is 7.75. The Balaban J connectivity index is 1.72. The van der Waals surface area contributed by atoms with Crippen molar-refractivity contribution in [3.8, 4) is 5.75 Å². The van der Waals surface area contributed by atoms with Crippen molar-refractivity contribution >= 4 is 23.3 Å². The fourth-order valence-corrected chi connectivity index (χ4v) is 2.78. The van der Waals surface area contributed by atoms with Gasteiger partial charge < -0.3 is 20.4 Å². The number of hydrogen-bond acceptors (Lipinski definition) is 4. The summed E-state index contributed by atoms with van der Waals surface area (Å²) in [5, 5.41) is 23.0. The SMILES string of the molecule is O=C(Nc1ccc([O-])c(C(=O)O)c1)c1ccc(N2CCCC2)cc1. The quantitative estimate of drug-likeness (QED) is 0.900. The number of nitrogens with one attached hydrogen (secondary N) is 1. The van der Waals surface area contributed by atoms with E-state index in [-0.39, 0.29) is 17.2 Å². The van der Waals surface area contributed by atoms with Crippen LogP contribution in [0, 0.1) is 0 Å². The first kappa shape index (κ1) is 15.9. The number of amides is 1. The first-order chi connectivity index (χ1) is 11.5. The van der Waals surface area contributed by atoms with Crippen LogP contribution in [0.2, 0.25) is 0 Å². The van der Waals surface area contributed by atoms with E-state index in [9.17, 15) is 14.7 Å². The van der Waals surface area contributed by atoms with Gasteiger partial charge in [0.2, 0.25) is 0 Å². The fraction of sp³-hybridized carbons (Fsp3) is 0.222. The molecule has 1 saturated heterocycles. The highest BCUT2D eigenvalue weighted by Gasteiger charge is 2.13. The van der Waals surface area contributed by atoms with Crippen LogP contribution in [0.25, 0.3) is 0 Å². The Morgan fingerprint density at radius 2 is 1.71 bits per heavy atom. The normalized spacial score (nSPS) is 13.8. The molecule has 0 aliphatic carbocycles. The zero-order valence-electron chi connectivity index (χ0n) is 13.0. The largest absolute Gasteiger partial charge is 0.872 e. The van der Waals surface area contributed by atoms with E-state index in [1.807, 2.05) is 12.1 Å². The summed E-state index contributed by atoms with van der Waals surface area (Å²) in [6.45, 7) is 2.07. The maximum Gasteiger partial charge on any atom is 0.335 e. The van der Waals surface area contributed by atoms with Gasteiger partial charge in [-0.3, -0.25) is 4.79 Å². The van der Waals surface area contributed by atoms with Gasteiger partial charge in [-0.1, -0.05) is 11.8 Å². The molecule has 2 aromatic rings. The van der Waals surface area contributed by atoms with Crippen molar-refractivity contribution in [2.75, 3.05) is 23.3 Å². The molecule has 1 heterocycles. The Labute approximate surface area is 139 Å². The minimum atomic E-state index is -1.31. The number of anilines is 2. The Hall–Kier alpha value is -3.02. The van der Waals surface area contributed by atoms with Crippen molar-refractivity contribution < 1.29 is 19.8 Å². The summed E-state index contributed by atoms with van der Waals surface area (Å²) >= 11 is 0. The van der Waals surface area contributed by atoms with Gasteiger partial charge in [0, 0.05) is 30.0 Å². The predicted octanol–water partition coefficient (Wildman–Crippen LogP) is 2.31. The third-order valence-electron chi connectivity index (χ3n) is 4.07. The Bertz CT molecular complexity index is 765.